The number of ether oxygens (including phenoxy) is 1. The van der Waals surface area contributed by atoms with Gasteiger partial charge in [0.25, 0.3) is 5.97 Å². The van der Waals surface area contributed by atoms with E-state index in [-0.39, 0.29) is 54.6 Å². The first kappa shape index (κ1) is 21.4. The molecule has 0 amide bonds. The van der Waals surface area contributed by atoms with Crippen molar-refractivity contribution in [2.75, 3.05) is 6.61 Å². The SMILES string of the molecule is CCOC(=O)C(=N)C1=[C-]CCC(F)(F)C1.[CH2-]C(=O)O.[Na+]. The second-order valence-electron chi connectivity index (χ2n) is 3.68. The van der Waals surface area contributed by atoms with Crippen molar-refractivity contribution in [2.24, 2.45) is 0 Å². The van der Waals surface area contributed by atoms with Crippen LogP contribution in [0.15, 0.2) is 5.57 Å². The number of aliphatic carboxylic acids is 1. The van der Waals surface area contributed by atoms with Gasteiger partial charge in [-0.3, -0.25) is 22.6 Å². The van der Waals surface area contributed by atoms with Crippen molar-refractivity contribution in [3.63, 3.8) is 0 Å². The van der Waals surface area contributed by atoms with E-state index in [0.717, 1.165) is 0 Å². The smallest absolute Gasteiger partial charge is 0.503 e. The topological polar surface area (TPSA) is 87.5 Å². The largest absolute Gasteiger partial charge is 1.00 e. The third kappa shape index (κ3) is 9.06. The van der Waals surface area contributed by atoms with E-state index in [0.29, 0.717) is 0 Å². The van der Waals surface area contributed by atoms with Crippen molar-refractivity contribution in [2.45, 2.75) is 32.1 Å². The summed E-state index contributed by atoms with van der Waals surface area (Å²) in [5.74, 6) is -4.78. The van der Waals surface area contributed by atoms with Crippen LogP contribution in [-0.2, 0) is 14.3 Å². The Morgan fingerprint density at radius 1 is 1.55 bits per heavy atom. The fraction of sp³-hybridized carbons (Fsp3) is 0.500. The minimum Gasteiger partial charge on any atom is -0.503 e. The number of esters is 1. The normalized spacial score (nSPS) is 15.7. The number of hydrogen-bond donors (Lipinski definition) is 2. The average Bonchev–Trinajstić information content (AvgIpc) is 2.26. The Morgan fingerprint density at radius 2 is 2.05 bits per heavy atom. The van der Waals surface area contributed by atoms with Gasteiger partial charge in [-0.05, 0) is 19.1 Å². The standard InChI is InChI=1S/C10H12F2NO2.C2H3O2.Na/c1-2-15-9(14)8(13)7-4-3-5-10(11,12)6-7;1-2(3)4;/h13H,2-3,5-6H2,1H3;1H2,(H,3,4);/q2*-1;+1. The van der Waals surface area contributed by atoms with E-state index in [1.54, 1.807) is 6.92 Å². The Balaban J connectivity index is 0. The first-order valence-corrected chi connectivity index (χ1v) is 5.48. The molecule has 0 aromatic rings. The Kier molecular flexibility index (Phi) is 10.6. The van der Waals surface area contributed by atoms with Crippen LogP contribution in [0.3, 0.4) is 0 Å². The molecule has 1 aliphatic rings. The number of carboxylic acids is 1. The fourth-order valence-electron chi connectivity index (χ4n) is 1.31. The van der Waals surface area contributed by atoms with Crippen LogP contribution >= 0.6 is 0 Å². The molecule has 0 saturated carbocycles. The molecule has 1 aliphatic carbocycles. The molecule has 108 valence electrons. The quantitative estimate of drug-likeness (QED) is 0.304. The van der Waals surface area contributed by atoms with Gasteiger partial charge in [-0.1, -0.05) is 0 Å². The van der Waals surface area contributed by atoms with Crippen LogP contribution in [0.1, 0.15) is 26.2 Å². The van der Waals surface area contributed by atoms with E-state index in [2.05, 4.69) is 17.7 Å². The minimum atomic E-state index is -2.83. The van der Waals surface area contributed by atoms with E-state index in [1.807, 2.05) is 0 Å². The number of halogens is 2. The van der Waals surface area contributed by atoms with Gasteiger partial charge < -0.3 is 15.3 Å². The molecule has 0 saturated heterocycles. The summed E-state index contributed by atoms with van der Waals surface area (Å²) >= 11 is 0. The maximum absolute atomic E-state index is 13.0. The zero-order valence-electron chi connectivity index (χ0n) is 11.5. The Hall–Kier alpha value is -0.920. The average molecular weight is 298 g/mol. The molecule has 0 heterocycles. The van der Waals surface area contributed by atoms with Gasteiger partial charge in [0.05, 0.1) is 6.61 Å². The number of carbonyl (C=O) groups excluding carboxylic acids is 1. The monoisotopic (exact) mass is 298 g/mol. The van der Waals surface area contributed by atoms with Crippen LogP contribution in [0.2, 0.25) is 0 Å². The Morgan fingerprint density at radius 3 is 2.45 bits per heavy atom. The van der Waals surface area contributed by atoms with Crippen molar-refractivity contribution >= 4 is 17.7 Å². The van der Waals surface area contributed by atoms with Crippen LogP contribution < -0.4 is 29.6 Å². The molecule has 0 aromatic carbocycles. The van der Waals surface area contributed by atoms with Crippen LogP contribution in [0.4, 0.5) is 8.78 Å². The van der Waals surface area contributed by atoms with Crippen LogP contribution in [0.5, 0.6) is 0 Å². The van der Waals surface area contributed by atoms with E-state index in [4.69, 9.17) is 15.3 Å². The molecular formula is C12H15F2NNaO4-. The van der Waals surface area contributed by atoms with Crippen LogP contribution in [0.25, 0.3) is 0 Å². The number of carboxylic acid groups (broad SMARTS) is 1. The van der Waals surface area contributed by atoms with Gasteiger partial charge in [0.15, 0.2) is 5.97 Å². The summed E-state index contributed by atoms with van der Waals surface area (Å²) < 4.78 is 30.5. The van der Waals surface area contributed by atoms with Gasteiger partial charge in [0, 0.05) is 6.42 Å². The van der Waals surface area contributed by atoms with Crippen molar-refractivity contribution in [3.05, 3.63) is 18.6 Å². The molecule has 0 radical (unpaired) electrons. The van der Waals surface area contributed by atoms with E-state index >= 15 is 0 Å². The molecule has 0 unspecified atom stereocenters. The third-order valence-electron chi connectivity index (χ3n) is 2.05. The maximum atomic E-state index is 13.0. The number of allylic oxidation sites excluding steroid dienone is 1. The summed E-state index contributed by atoms with van der Waals surface area (Å²) in [5.41, 5.74) is -0.541. The molecule has 0 atom stereocenters. The Labute approximate surface area is 138 Å². The van der Waals surface area contributed by atoms with Crippen molar-refractivity contribution in [1.82, 2.24) is 0 Å². The molecule has 0 aliphatic heterocycles. The molecule has 0 bridgehead atoms. The number of carbonyl (C=O) groups is 2. The maximum Gasteiger partial charge on any atom is 1.00 e. The van der Waals surface area contributed by atoms with E-state index in [9.17, 15) is 13.6 Å². The number of alkyl halides is 2. The molecule has 0 fully saturated rings. The molecule has 5 nitrogen and oxygen atoms in total. The van der Waals surface area contributed by atoms with Gasteiger partial charge in [0.1, 0.15) is 0 Å². The van der Waals surface area contributed by atoms with Crippen molar-refractivity contribution < 1.29 is 57.8 Å². The number of hydrogen-bond acceptors (Lipinski definition) is 4. The predicted molar refractivity (Wildman–Crippen MR) is 62.9 cm³/mol. The predicted octanol–water partition coefficient (Wildman–Crippen LogP) is -0.973. The summed E-state index contributed by atoms with van der Waals surface area (Å²) in [6, 6.07) is 0. The summed E-state index contributed by atoms with van der Waals surface area (Å²) in [6.07, 6.45) is 1.83. The minimum absolute atomic E-state index is 0. The zero-order valence-corrected chi connectivity index (χ0v) is 13.5. The third-order valence-corrected chi connectivity index (χ3v) is 2.05. The summed E-state index contributed by atoms with van der Waals surface area (Å²) in [7, 11) is 0. The van der Waals surface area contributed by atoms with Gasteiger partial charge in [-0.15, -0.1) is 6.42 Å². The molecule has 0 spiro atoms. The molecule has 1 rings (SSSR count). The van der Waals surface area contributed by atoms with E-state index in [1.165, 1.54) is 0 Å². The fourth-order valence-corrected chi connectivity index (χ4v) is 1.31. The van der Waals surface area contributed by atoms with Crippen LogP contribution in [0, 0.1) is 18.4 Å². The molecular weight excluding hydrogens is 283 g/mol. The summed E-state index contributed by atoms with van der Waals surface area (Å²) in [6.45, 7) is 4.28. The second kappa shape index (κ2) is 9.90. The van der Waals surface area contributed by atoms with Crippen molar-refractivity contribution in [1.29, 1.82) is 5.41 Å². The second-order valence-corrected chi connectivity index (χ2v) is 3.68. The first-order chi connectivity index (χ1) is 8.69. The molecule has 2 N–H and O–H groups in total. The molecule has 20 heavy (non-hydrogen) atoms. The number of rotatable bonds is 3. The Bertz CT molecular complexity index is 393. The first-order valence-electron chi connectivity index (χ1n) is 5.48. The molecule has 0 aromatic heterocycles. The summed E-state index contributed by atoms with van der Waals surface area (Å²) in [5, 5.41) is 14.7. The van der Waals surface area contributed by atoms with Gasteiger partial charge >= 0.3 is 29.6 Å². The van der Waals surface area contributed by atoms with Crippen molar-refractivity contribution in [3.8, 4) is 0 Å². The van der Waals surface area contributed by atoms with Gasteiger partial charge in [0.2, 0.25) is 5.92 Å². The summed E-state index contributed by atoms with van der Waals surface area (Å²) in [4.78, 5) is 20.0. The number of nitrogens with one attached hydrogen (secondary N) is 1. The van der Waals surface area contributed by atoms with E-state index < -0.39 is 30.0 Å². The van der Waals surface area contributed by atoms with Gasteiger partial charge in [-0.25, -0.2) is 8.78 Å². The van der Waals surface area contributed by atoms with Crippen LogP contribution in [-0.4, -0.2) is 35.3 Å². The molecule has 8 heteroatoms. The van der Waals surface area contributed by atoms with Gasteiger partial charge in [-0.2, -0.15) is 5.57 Å². The zero-order chi connectivity index (χ0) is 15.1.